The van der Waals surface area contributed by atoms with Crippen molar-refractivity contribution in [3.8, 4) is 0 Å². The smallest absolute Gasteiger partial charge is 0.319 e. The molecule has 1 saturated heterocycles. The highest BCUT2D eigenvalue weighted by molar-refractivity contribution is 5.91. The van der Waals surface area contributed by atoms with Crippen LogP contribution >= 0.6 is 0 Å². The van der Waals surface area contributed by atoms with Crippen LogP contribution in [0.1, 0.15) is 56.6 Å². The summed E-state index contributed by atoms with van der Waals surface area (Å²) < 4.78 is 5.85. The van der Waals surface area contributed by atoms with E-state index < -0.39 is 0 Å². The highest BCUT2D eigenvalue weighted by Crippen LogP contribution is 2.38. The molecule has 2 N–H and O–H groups in total. The van der Waals surface area contributed by atoms with Gasteiger partial charge in [0.15, 0.2) is 0 Å². The van der Waals surface area contributed by atoms with E-state index >= 15 is 0 Å². The van der Waals surface area contributed by atoms with E-state index in [9.17, 15) is 4.79 Å². The SMILES string of the molecule is C=CCc1cccc(C(C)C)c1NC(=O)N[C@@H]1CCO[C@@H](C2CC2)C1. The van der Waals surface area contributed by atoms with Gasteiger partial charge in [0.05, 0.1) is 6.10 Å². The fourth-order valence-corrected chi connectivity index (χ4v) is 3.67. The topological polar surface area (TPSA) is 50.4 Å². The highest BCUT2D eigenvalue weighted by Gasteiger charge is 2.36. The third-order valence-corrected chi connectivity index (χ3v) is 5.21. The average Bonchev–Trinajstić information content (AvgIpc) is 3.41. The van der Waals surface area contributed by atoms with Gasteiger partial charge < -0.3 is 15.4 Å². The number of para-hydroxylation sites is 1. The number of ether oxygens (including phenoxy) is 1. The molecule has 2 aliphatic rings. The van der Waals surface area contributed by atoms with E-state index in [4.69, 9.17) is 4.74 Å². The van der Waals surface area contributed by atoms with Crippen LogP contribution in [0, 0.1) is 5.92 Å². The number of carbonyl (C=O) groups excluding carboxylic acids is 1. The maximum absolute atomic E-state index is 12.6. The van der Waals surface area contributed by atoms with Gasteiger partial charge in [0.25, 0.3) is 0 Å². The molecule has 4 nitrogen and oxygen atoms in total. The summed E-state index contributed by atoms with van der Waals surface area (Å²) in [6.07, 6.45) is 7.33. The lowest BCUT2D eigenvalue weighted by molar-refractivity contribution is -0.00889. The van der Waals surface area contributed by atoms with Crippen LogP contribution in [-0.2, 0) is 11.2 Å². The number of nitrogens with one attached hydrogen (secondary N) is 2. The van der Waals surface area contributed by atoms with Crippen LogP contribution in [0.25, 0.3) is 0 Å². The first-order valence-corrected chi connectivity index (χ1v) is 9.50. The van der Waals surface area contributed by atoms with Gasteiger partial charge in [0.1, 0.15) is 0 Å². The van der Waals surface area contributed by atoms with Crippen molar-refractivity contribution in [2.45, 2.75) is 64.0 Å². The second-order valence-corrected chi connectivity index (χ2v) is 7.60. The van der Waals surface area contributed by atoms with E-state index in [1.165, 1.54) is 12.8 Å². The van der Waals surface area contributed by atoms with Crippen LogP contribution in [-0.4, -0.2) is 24.8 Å². The Morgan fingerprint density at radius 3 is 2.84 bits per heavy atom. The van der Waals surface area contributed by atoms with Crippen molar-refractivity contribution in [1.82, 2.24) is 5.32 Å². The van der Waals surface area contributed by atoms with Crippen molar-refractivity contribution >= 4 is 11.7 Å². The Labute approximate surface area is 151 Å². The van der Waals surface area contributed by atoms with Gasteiger partial charge in [-0.05, 0) is 55.1 Å². The molecule has 4 heteroatoms. The minimum atomic E-state index is -0.111. The predicted octanol–water partition coefficient (Wildman–Crippen LogP) is 4.62. The number of hydrogen-bond acceptors (Lipinski definition) is 2. The molecule has 1 heterocycles. The number of hydrogen-bond donors (Lipinski definition) is 2. The Balaban J connectivity index is 1.66. The zero-order valence-corrected chi connectivity index (χ0v) is 15.4. The molecule has 2 atom stereocenters. The number of benzene rings is 1. The molecule has 25 heavy (non-hydrogen) atoms. The maximum atomic E-state index is 12.6. The van der Waals surface area contributed by atoms with Crippen molar-refractivity contribution in [1.29, 1.82) is 0 Å². The van der Waals surface area contributed by atoms with E-state index in [-0.39, 0.29) is 12.1 Å². The Morgan fingerprint density at radius 1 is 1.36 bits per heavy atom. The van der Waals surface area contributed by atoms with E-state index in [1.54, 1.807) is 0 Å². The van der Waals surface area contributed by atoms with Crippen LogP contribution in [0.3, 0.4) is 0 Å². The summed E-state index contributed by atoms with van der Waals surface area (Å²) in [6, 6.07) is 6.29. The van der Waals surface area contributed by atoms with Gasteiger partial charge in [-0.25, -0.2) is 4.79 Å². The van der Waals surface area contributed by atoms with Gasteiger partial charge in [-0.3, -0.25) is 0 Å². The highest BCUT2D eigenvalue weighted by atomic mass is 16.5. The molecule has 0 aromatic heterocycles. The number of urea groups is 1. The largest absolute Gasteiger partial charge is 0.378 e. The fraction of sp³-hybridized carbons (Fsp3) is 0.571. The van der Waals surface area contributed by atoms with Crippen LogP contribution in [0.15, 0.2) is 30.9 Å². The lowest BCUT2D eigenvalue weighted by Crippen LogP contribution is -2.44. The monoisotopic (exact) mass is 342 g/mol. The second kappa shape index (κ2) is 8.05. The van der Waals surface area contributed by atoms with Crippen molar-refractivity contribution in [2.75, 3.05) is 11.9 Å². The van der Waals surface area contributed by atoms with Crippen molar-refractivity contribution in [3.05, 3.63) is 42.0 Å². The normalized spacial score (nSPS) is 23.3. The average molecular weight is 342 g/mol. The number of amides is 2. The first-order chi connectivity index (χ1) is 12.1. The Morgan fingerprint density at radius 2 is 2.16 bits per heavy atom. The first-order valence-electron chi connectivity index (χ1n) is 9.50. The molecule has 0 unspecified atom stereocenters. The molecule has 2 fully saturated rings. The summed E-state index contributed by atoms with van der Waals surface area (Å²) in [5, 5.41) is 6.27. The molecule has 1 saturated carbocycles. The Kier molecular flexibility index (Phi) is 5.79. The van der Waals surface area contributed by atoms with E-state index in [0.717, 1.165) is 42.7 Å². The number of rotatable bonds is 6. The number of allylic oxidation sites excluding steroid dienone is 1. The lowest BCUT2D eigenvalue weighted by Gasteiger charge is -2.30. The van der Waals surface area contributed by atoms with Crippen LogP contribution in [0.5, 0.6) is 0 Å². The molecule has 0 bridgehead atoms. The minimum Gasteiger partial charge on any atom is -0.378 e. The van der Waals surface area contributed by atoms with E-state index in [0.29, 0.717) is 17.9 Å². The first kappa shape index (κ1) is 18.0. The summed E-state index contributed by atoms with van der Waals surface area (Å²) in [7, 11) is 0. The summed E-state index contributed by atoms with van der Waals surface area (Å²) in [4.78, 5) is 12.6. The lowest BCUT2D eigenvalue weighted by atomic mass is 9.96. The summed E-state index contributed by atoms with van der Waals surface area (Å²) in [6.45, 7) is 8.87. The molecular formula is C21H30N2O2. The van der Waals surface area contributed by atoms with Gasteiger partial charge in [0, 0.05) is 18.3 Å². The molecular weight excluding hydrogens is 312 g/mol. The molecule has 1 aliphatic carbocycles. The molecule has 136 valence electrons. The zero-order valence-electron chi connectivity index (χ0n) is 15.4. The number of anilines is 1. The van der Waals surface area contributed by atoms with Gasteiger partial charge >= 0.3 is 6.03 Å². The van der Waals surface area contributed by atoms with Crippen molar-refractivity contribution in [2.24, 2.45) is 5.92 Å². The van der Waals surface area contributed by atoms with E-state index in [1.807, 2.05) is 6.08 Å². The maximum Gasteiger partial charge on any atom is 0.319 e. The van der Waals surface area contributed by atoms with Crippen LogP contribution < -0.4 is 10.6 Å². The predicted molar refractivity (Wildman–Crippen MR) is 102 cm³/mol. The zero-order chi connectivity index (χ0) is 17.8. The third-order valence-electron chi connectivity index (χ3n) is 5.21. The molecule has 0 spiro atoms. The molecule has 2 amide bonds. The summed E-state index contributed by atoms with van der Waals surface area (Å²) in [5.74, 6) is 1.07. The summed E-state index contributed by atoms with van der Waals surface area (Å²) >= 11 is 0. The summed E-state index contributed by atoms with van der Waals surface area (Å²) in [5.41, 5.74) is 3.21. The molecule has 3 rings (SSSR count). The van der Waals surface area contributed by atoms with Crippen LogP contribution in [0.2, 0.25) is 0 Å². The quantitative estimate of drug-likeness (QED) is 0.741. The van der Waals surface area contributed by atoms with E-state index in [2.05, 4.69) is 49.3 Å². The number of carbonyl (C=O) groups is 1. The standard InChI is InChI=1S/C21H30N2O2/c1-4-6-16-7-5-8-18(14(2)3)20(16)23-21(24)22-17-11-12-25-19(13-17)15-9-10-15/h4-5,7-8,14-15,17,19H,1,6,9-13H2,2-3H3,(H2,22,23,24)/t17-,19-/m1/s1. The molecule has 0 radical (unpaired) electrons. The van der Waals surface area contributed by atoms with Gasteiger partial charge in [-0.1, -0.05) is 38.1 Å². The molecule has 1 aromatic rings. The molecule has 1 aromatic carbocycles. The second-order valence-electron chi connectivity index (χ2n) is 7.60. The van der Waals surface area contributed by atoms with Crippen LogP contribution in [0.4, 0.5) is 10.5 Å². The minimum absolute atomic E-state index is 0.111. The van der Waals surface area contributed by atoms with Gasteiger partial charge in [-0.15, -0.1) is 6.58 Å². The van der Waals surface area contributed by atoms with Gasteiger partial charge in [-0.2, -0.15) is 0 Å². The third kappa shape index (κ3) is 4.63. The fourth-order valence-electron chi connectivity index (χ4n) is 3.67. The van der Waals surface area contributed by atoms with Crippen molar-refractivity contribution in [3.63, 3.8) is 0 Å². The van der Waals surface area contributed by atoms with Gasteiger partial charge in [0.2, 0.25) is 0 Å². The Hall–Kier alpha value is -1.81. The Bertz CT molecular complexity index is 622. The van der Waals surface area contributed by atoms with Crippen molar-refractivity contribution < 1.29 is 9.53 Å². The molecule has 1 aliphatic heterocycles.